The zero-order valence-corrected chi connectivity index (χ0v) is 12.4. The Kier molecular flexibility index (Phi) is 5.47. The third-order valence-electron chi connectivity index (χ3n) is 3.01. The maximum atomic E-state index is 10.5. The molecule has 0 amide bonds. The van der Waals surface area contributed by atoms with Gasteiger partial charge in [-0.2, -0.15) is 0 Å². The van der Waals surface area contributed by atoms with E-state index < -0.39 is 5.97 Å². The summed E-state index contributed by atoms with van der Waals surface area (Å²) in [5, 5.41) is 8.97. The van der Waals surface area contributed by atoms with Gasteiger partial charge in [0, 0.05) is 6.08 Å². The highest BCUT2D eigenvalue weighted by molar-refractivity contribution is 6.32. The zero-order valence-electron chi connectivity index (χ0n) is 11.7. The van der Waals surface area contributed by atoms with Gasteiger partial charge in [-0.1, -0.05) is 11.6 Å². The van der Waals surface area contributed by atoms with Crippen LogP contribution >= 0.6 is 11.6 Å². The van der Waals surface area contributed by atoms with E-state index >= 15 is 0 Å². The molecule has 21 heavy (non-hydrogen) atoms. The highest BCUT2D eigenvalue weighted by atomic mass is 35.5. The minimum atomic E-state index is -1.03. The van der Waals surface area contributed by atoms with Crippen LogP contribution in [0.2, 0.25) is 5.02 Å². The molecule has 1 aromatic rings. The smallest absolute Gasteiger partial charge is 0.328 e. The van der Waals surface area contributed by atoms with Gasteiger partial charge in [-0.3, -0.25) is 0 Å². The van der Waals surface area contributed by atoms with Gasteiger partial charge in [-0.25, -0.2) is 4.79 Å². The second kappa shape index (κ2) is 7.33. The molecule has 1 aromatic carbocycles. The number of benzene rings is 1. The van der Waals surface area contributed by atoms with Crippen LogP contribution in [0.3, 0.4) is 0 Å². The average Bonchev–Trinajstić information content (AvgIpc) is 3.26. The van der Waals surface area contributed by atoms with Gasteiger partial charge in [0.15, 0.2) is 18.3 Å². The Labute approximate surface area is 128 Å². The highest BCUT2D eigenvalue weighted by Crippen LogP contribution is 2.37. The van der Waals surface area contributed by atoms with Crippen molar-refractivity contribution in [3.8, 4) is 11.5 Å². The first-order valence-corrected chi connectivity index (χ1v) is 6.97. The molecule has 0 bridgehead atoms. The van der Waals surface area contributed by atoms with Gasteiger partial charge in [0.1, 0.15) is 0 Å². The van der Waals surface area contributed by atoms with Crippen molar-refractivity contribution in [2.45, 2.75) is 12.8 Å². The summed E-state index contributed by atoms with van der Waals surface area (Å²) in [7, 11) is 1.49. The number of carboxylic acids is 1. The van der Waals surface area contributed by atoms with E-state index in [2.05, 4.69) is 0 Å². The largest absolute Gasteiger partial charge is 0.493 e. The van der Waals surface area contributed by atoms with Crippen LogP contribution < -0.4 is 9.47 Å². The number of ether oxygens (including phenoxy) is 3. The van der Waals surface area contributed by atoms with Crippen LogP contribution in [0.1, 0.15) is 18.4 Å². The first-order chi connectivity index (χ1) is 10.1. The van der Waals surface area contributed by atoms with E-state index in [-0.39, 0.29) is 6.79 Å². The molecule has 1 aliphatic rings. The number of hydrogen-bond acceptors (Lipinski definition) is 4. The predicted molar refractivity (Wildman–Crippen MR) is 78.8 cm³/mol. The van der Waals surface area contributed by atoms with E-state index in [0.717, 1.165) is 6.08 Å². The summed E-state index contributed by atoms with van der Waals surface area (Å²) < 4.78 is 16.1. The molecule has 0 heterocycles. The Morgan fingerprint density at radius 2 is 2.24 bits per heavy atom. The Bertz CT molecular complexity index is 537. The Hall–Kier alpha value is -1.72. The van der Waals surface area contributed by atoms with Crippen molar-refractivity contribution in [1.29, 1.82) is 0 Å². The Morgan fingerprint density at radius 1 is 1.48 bits per heavy atom. The minimum absolute atomic E-state index is 0.108. The summed E-state index contributed by atoms with van der Waals surface area (Å²) in [5.41, 5.74) is 0.616. The van der Waals surface area contributed by atoms with E-state index in [1.165, 1.54) is 26.0 Å². The van der Waals surface area contributed by atoms with E-state index in [1.54, 1.807) is 12.1 Å². The summed E-state index contributed by atoms with van der Waals surface area (Å²) in [5.74, 6) is 0.457. The van der Waals surface area contributed by atoms with Crippen molar-refractivity contribution < 1.29 is 24.1 Å². The molecule has 2 rings (SSSR count). The van der Waals surface area contributed by atoms with Crippen LogP contribution in [0.25, 0.3) is 6.08 Å². The number of rotatable bonds is 8. The summed E-state index contributed by atoms with van der Waals surface area (Å²) in [6, 6.07) is 3.27. The number of carbonyl (C=O) groups is 1. The van der Waals surface area contributed by atoms with Gasteiger partial charge in [0.2, 0.25) is 0 Å². The third-order valence-corrected chi connectivity index (χ3v) is 3.29. The van der Waals surface area contributed by atoms with E-state index in [1.807, 2.05) is 0 Å². The van der Waals surface area contributed by atoms with Gasteiger partial charge in [0.25, 0.3) is 0 Å². The lowest BCUT2D eigenvalue weighted by molar-refractivity contribution is -0.131. The molecule has 1 aliphatic carbocycles. The summed E-state index contributed by atoms with van der Waals surface area (Å²) >= 11 is 6.14. The van der Waals surface area contributed by atoms with Gasteiger partial charge in [0.05, 0.1) is 18.7 Å². The van der Waals surface area contributed by atoms with Crippen LogP contribution in [0.4, 0.5) is 0 Å². The maximum Gasteiger partial charge on any atom is 0.328 e. The summed E-state index contributed by atoms with van der Waals surface area (Å²) in [4.78, 5) is 10.5. The van der Waals surface area contributed by atoms with Gasteiger partial charge < -0.3 is 19.3 Å². The van der Waals surface area contributed by atoms with Gasteiger partial charge in [-0.05, 0) is 42.5 Å². The third kappa shape index (κ3) is 4.95. The zero-order chi connectivity index (χ0) is 15.2. The predicted octanol–water partition coefficient (Wildman–Crippen LogP) is 3.21. The lowest BCUT2D eigenvalue weighted by atomic mass is 10.2. The molecule has 0 atom stereocenters. The fourth-order valence-corrected chi connectivity index (χ4v) is 2.02. The molecule has 6 heteroatoms. The van der Waals surface area contributed by atoms with Crippen LogP contribution in [0.5, 0.6) is 11.5 Å². The molecule has 5 nitrogen and oxygen atoms in total. The van der Waals surface area contributed by atoms with Crippen LogP contribution in [0, 0.1) is 5.92 Å². The normalized spacial score (nSPS) is 14.4. The molecule has 0 radical (unpaired) electrons. The van der Waals surface area contributed by atoms with Crippen molar-refractivity contribution in [2.75, 3.05) is 20.5 Å². The molecule has 1 N–H and O–H groups in total. The Morgan fingerprint density at radius 3 is 2.86 bits per heavy atom. The van der Waals surface area contributed by atoms with Gasteiger partial charge >= 0.3 is 5.97 Å². The molecular formula is C15H17ClO5. The fraction of sp³-hybridized carbons (Fsp3) is 0.400. The molecule has 1 saturated carbocycles. The first kappa shape index (κ1) is 15.7. The fourth-order valence-electron chi connectivity index (χ4n) is 1.74. The summed E-state index contributed by atoms with van der Waals surface area (Å²) in [6.07, 6.45) is 4.90. The van der Waals surface area contributed by atoms with Crippen molar-refractivity contribution in [3.63, 3.8) is 0 Å². The number of carboxylic acid groups (broad SMARTS) is 1. The average molecular weight is 313 g/mol. The number of aliphatic carboxylic acids is 1. The molecule has 1 fully saturated rings. The van der Waals surface area contributed by atoms with E-state index in [4.69, 9.17) is 30.9 Å². The van der Waals surface area contributed by atoms with Crippen LogP contribution in [-0.2, 0) is 9.53 Å². The molecule has 0 spiro atoms. The second-order valence-electron chi connectivity index (χ2n) is 4.78. The first-order valence-electron chi connectivity index (χ1n) is 6.59. The van der Waals surface area contributed by atoms with Crippen LogP contribution in [0.15, 0.2) is 18.2 Å². The minimum Gasteiger partial charge on any atom is -0.493 e. The molecular weight excluding hydrogens is 296 g/mol. The second-order valence-corrected chi connectivity index (χ2v) is 5.19. The summed E-state index contributed by atoms with van der Waals surface area (Å²) in [6.45, 7) is 0.802. The van der Waals surface area contributed by atoms with Gasteiger partial charge in [-0.15, -0.1) is 0 Å². The van der Waals surface area contributed by atoms with Crippen molar-refractivity contribution >= 4 is 23.6 Å². The molecule has 114 valence electrons. The van der Waals surface area contributed by atoms with Crippen molar-refractivity contribution in [1.82, 2.24) is 0 Å². The number of hydrogen-bond donors (Lipinski definition) is 1. The molecule has 0 unspecified atom stereocenters. The molecule has 0 aromatic heterocycles. The van der Waals surface area contributed by atoms with E-state index in [0.29, 0.717) is 34.6 Å². The quantitative estimate of drug-likeness (QED) is 0.453. The number of methoxy groups -OCH3 is 1. The lowest BCUT2D eigenvalue weighted by Crippen LogP contribution is -2.06. The SMILES string of the molecule is COc1cc(/C=C/C(=O)O)cc(Cl)c1OCOCC1CC1. The Balaban J connectivity index is 2.02. The molecule has 0 saturated heterocycles. The van der Waals surface area contributed by atoms with E-state index in [9.17, 15) is 4.79 Å². The molecule has 0 aliphatic heterocycles. The standard InChI is InChI=1S/C15H17ClO5/c1-19-13-7-11(4-5-14(17)18)6-12(16)15(13)21-9-20-8-10-2-3-10/h4-7,10H,2-3,8-9H2,1H3,(H,17,18)/b5-4+. The highest BCUT2D eigenvalue weighted by Gasteiger charge is 2.21. The maximum absolute atomic E-state index is 10.5. The van der Waals surface area contributed by atoms with Crippen molar-refractivity contribution in [2.24, 2.45) is 5.92 Å². The number of halogens is 1. The topological polar surface area (TPSA) is 65.0 Å². The lowest BCUT2D eigenvalue weighted by Gasteiger charge is -2.13. The monoisotopic (exact) mass is 312 g/mol. The van der Waals surface area contributed by atoms with Crippen LogP contribution in [-0.4, -0.2) is 31.6 Å². The van der Waals surface area contributed by atoms with Crippen molar-refractivity contribution in [3.05, 3.63) is 28.8 Å².